The molecule has 2 fully saturated rings. The summed E-state index contributed by atoms with van der Waals surface area (Å²) in [5.74, 6) is 0.307. The van der Waals surface area contributed by atoms with Crippen molar-refractivity contribution in [1.29, 1.82) is 0 Å². The van der Waals surface area contributed by atoms with E-state index < -0.39 is 5.82 Å². The molecule has 0 spiro atoms. The summed E-state index contributed by atoms with van der Waals surface area (Å²) in [4.78, 5) is 14.8. The first-order valence-corrected chi connectivity index (χ1v) is 8.35. The van der Waals surface area contributed by atoms with Crippen LogP contribution < -0.4 is 4.74 Å². The Morgan fingerprint density at radius 3 is 2.64 bits per heavy atom. The third kappa shape index (κ3) is 2.96. The Labute approximate surface area is 131 Å². The molecule has 3 nitrogen and oxygen atoms in total. The number of methoxy groups -OCH3 is 1. The van der Waals surface area contributed by atoms with E-state index in [1.165, 1.54) is 51.3 Å². The van der Waals surface area contributed by atoms with Crippen LogP contribution in [0.3, 0.4) is 0 Å². The molecule has 1 aromatic rings. The van der Waals surface area contributed by atoms with Crippen LogP contribution in [0.2, 0.25) is 0 Å². The molecule has 1 atom stereocenters. The van der Waals surface area contributed by atoms with Gasteiger partial charge in [0.2, 0.25) is 0 Å². The number of benzene rings is 1. The summed E-state index contributed by atoms with van der Waals surface area (Å²) in [5, 5.41) is 0. The van der Waals surface area contributed by atoms with E-state index in [1.807, 2.05) is 4.90 Å². The Morgan fingerprint density at radius 2 is 1.95 bits per heavy atom. The molecule has 1 amide bonds. The number of amides is 1. The summed E-state index contributed by atoms with van der Waals surface area (Å²) in [7, 11) is 1.43. The lowest BCUT2D eigenvalue weighted by atomic mass is 9.83. The first-order valence-electron chi connectivity index (χ1n) is 8.35. The molecule has 1 aromatic carbocycles. The molecule has 4 heteroatoms. The van der Waals surface area contributed by atoms with E-state index in [4.69, 9.17) is 4.74 Å². The molecule has 3 rings (SSSR count). The van der Waals surface area contributed by atoms with E-state index in [0.29, 0.717) is 17.5 Å². The van der Waals surface area contributed by atoms with Crippen molar-refractivity contribution in [3.63, 3.8) is 0 Å². The molecule has 0 aromatic heterocycles. The lowest BCUT2D eigenvalue weighted by Crippen LogP contribution is -2.40. The summed E-state index contributed by atoms with van der Waals surface area (Å²) < 4.78 is 18.8. The van der Waals surface area contributed by atoms with Crippen LogP contribution in [0.25, 0.3) is 0 Å². The Balaban J connectivity index is 1.76. The molecule has 1 saturated carbocycles. The number of carbonyl (C=O) groups is 1. The highest BCUT2D eigenvalue weighted by molar-refractivity contribution is 5.94. The van der Waals surface area contributed by atoms with Crippen LogP contribution in [0.1, 0.15) is 55.3 Å². The molecule has 1 unspecified atom stereocenters. The molecular formula is C18H24FNO2. The Morgan fingerprint density at radius 1 is 1.18 bits per heavy atom. The quantitative estimate of drug-likeness (QED) is 0.844. The minimum Gasteiger partial charge on any atom is -0.494 e. The zero-order chi connectivity index (χ0) is 15.5. The molecule has 1 aliphatic carbocycles. The Bertz CT molecular complexity index is 540. The van der Waals surface area contributed by atoms with Crippen molar-refractivity contribution in [1.82, 2.24) is 4.90 Å². The van der Waals surface area contributed by atoms with Gasteiger partial charge in [-0.05, 0) is 49.8 Å². The van der Waals surface area contributed by atoms with E-state index >= 15 is 0 Å². The second-order valence-electron chi connectivity index (χ2n) is 6.46. The van der Waals surface area contributed by atoms with Crippen LogP contribution >= 0.6 is 0 Å². The number of ether oxygens (including phenoxy) is 1. The van der Waals surface area contributed by atoms with E-state index in [-0.39, 0.29) is 11.7 Å². The SMILES string of the molecule is COc1ccc(C(=O)N2CCCC2C2CCCCC2)cc1F. The highest BCUT2D eigenvalue weighted by Crippen LogP contribution is 2.35. The van der Waals surface area contributed by atoms with Crippen LogP contribution in [-0.4, -0.2) is 30.5 Å². The van der Waals surface area contributed by atoms with Crippen molar-refractivity contribution >= 4 is 5.91 Å². The fourth-order valence-electron chi connectivity index (χ4n) is 4.02. The van der Waals surface area contributed by atoms with Crippen molar-refractivity contribution in [2.75, 3.05) is 13.7 Å². The summed E-state index contributed by atoms with van der Waals surface area (Å²) in [6, 6.07) is 4.85. The Hall–Kier alpha value is -1.58. The first-order chi connectivity index (χ1) is 10.7. The van der Waals surface area contributed by atoms with Crippen LogP contribution in [0.4, 0.5) is 4.39 Å². The maximum absolute atomic E-state index is 13.9. The molecule has 0 N–H and O–H groups in total. The summed E-state index contributed by atoms with van der Waals surface area (Å²) in [6.07, 6.45) is 8.49. The number of nitrogens with zero attached hydrogens (tertiary/aromatic N) is 1. The van der Waals surface area contributed by atoms with E-state index in [9.17, 15) is 9.18 Å². The largest absolute Gasteiger partial charge is 0.494 e. The normalized spacial score (nSPS) is 22.8. The fraction of sp³-hybridized carbons (Fsp3) is 0.611. The van der Waals surface area contributed by atoms with Crippen molar-refractivity contribution in [2.24, 2.45) is 5.92 Å². The molecule has 0 bridgehead atoms. The molecular weight excluding hydrogens is 281 g/mol. The zero-order valence-corrected chi connectivity index (χ0v) is 13.2. The number of hydrogen-bond acceptors (Lipinski definition) is 2. The van der Waals surface area contributed by atoms with E-state index in [0.717, 1.165) is 19.4 Å². The second kappa shape index (κ2) is 6.67. The standard InChI is InChI=1S/C18H24FNO2/c1-22-17-10-9-14(12-15(17)19)18(21)20-11-5-8-16(20)13-6-3-2-4-7-13/h9-10,12-13,16H,2-8,11H2,1H3. The predicted octanol–water partition coefficient (Wildman–Crippen LogP) is 4.02. The molecule has 120 valence electrons. The smallest absolute Gasteiger partial charge is 0.254 e. The molecule has 22 heavy (non-hydrogen) atoms. The van der Waals surface area contributed by atoms with Crippen molar-refractivity contribution in [2.45, 2.75) is 51.0 Å². The second-order valence-corrected chi connectivity index (χ2v) is 6.46. The van der Waals surface area contributed by atoms with Gasteiger partial charge in [-0.25, -0.2) is 4.39 Å². The number of hydrogen-bond donors (Lipinski definition) is 0. The predicted molar refractivity (Wildman–Crippen MR) is 83.6 cm³/mol. The molecule has 1 aliphatic heterocycles. The van der Waals surface area contributed by atoms with Gasteiger partial charge in [0, 0.05) is 18.2 Å². The van der Waals surface area contributed by atoms with Gasteiger partial charge in [-0.3, -0.25) is 4.79 Å². The van der Waals surface area contributed by atoms with Crippen molar-refractivity contribution < 1.29 is 13.9 Å². The number of likely N-dealkylation sites (tertiary alicyclic amines) is 1. The number of halogens is 1. The van der Waals surface area contributed by atoms with Crippen molar-refractivity contribution in [3.05, 3.63) is 29.6 Å². The maximum atomic E-state index is 13.9. The molecule has 2 aliphatic rings. The van der Waals surface area contributed by atoms with Crippen LogP contribution in [-0.2, 0) is 0 Å². The van der Waals surface area contributed by atoms with E-state index in [1.54, 1.807) is 6.07 Å². The van der Waals surface area contributed by atoms with Gasteiger partial charge in [-0.15, -0.1) is 0 Å². The lowest BCUT2D eigenvalue weighted by Gasteiger charge is -2.34. The lowest BCUT2D eigenvalue weighted by molar-refractivity contribution is 0.0661. The third-order valence-corrected chi connectivity index (χ3v) is 5.15. The van der Waals surface area contributed by atoms with Gasteiger partial charge in [-0.2, -0.15) is 0 Å². The van der Waals surface area contributed by atoms with Crippen LogP contribution in [0.5, 0.6) is 5.75 Å². The number of rotatable bonds is 3. The summed E-state index contributed by atoms with van der Waals surface area (Å²) >= 11 is 0. The minimum atomic E-state index is -0.471. The van der Waals surface area contributed by atoms with E-state index in [2.05, 4.69) is 0 Å². The Kier molecular flexibility index (Phi) is 4.65. The van der Waals surface area contributed by atoms with Gasteiger partial charge in [0.1, 0.15) is 0 Å². The average Bonchev–Trinajstić information content (AvgIpc) is 3.04. The molecule has 0 radical (unpaired) electrons. The fourth-order valence-corrected chi connectivity index (χ4v) is 4.02. The summed E-state index contributed by atoms with van der Waals surface area (Å²) in [5.41, 5.74) is 0.431. The van der Waals surface area contributed by atoms with Crippen LogP contribution in [0, 0.1) is 11.7 Å². The zero-order valence-electron chi connectivity index (χ0n) is 13.2. The molecule has 1 heterocycles. The minimum absolute atomic E-state index is 0.0328. The van der Waals surface area contributed by atoms with Gasteiger partial charge in [0.25, 0.3) is 5.91 Å². The average molecular weight is 305 g/mol. The number of carbonyl (C=O) groups excluding carboxylic acids is 1. The van der Waals surface area contributed by atoms with Gasteiger partial charge in [0.15, 0.2) is 11.6 Å². The topological polar surface area (TPSA) is 29.5 Å². The first kappa shape index (κ1) is 15.3. The van der Waals surface area contributed by atoms with Gasteiger partial charge in [0.05, 0.1) is 7.11 Å². The maximum Gasteiger partial charge on any atom is 0.254 e. The van der Waals surface area contributed by atoms with Crippen molar-refractivity contribution in [3.8, 4) is 5.75 Å². The monoisotopic (exact) mass is 305 g/mol. The van der Waals surface area contributed by atoms with Gasteiger partial charge in [-0.1, -0.05) is 19.3 Å². The third-order valence-electron chi connectivity index (χ3n) is 5.15. The highest BCUT2D eigenvalue weighted by Gasteiger charge is 2.35. The summed E-state index contributed by atoms with van der Waals surface area (Å²) in [6.45, 7) is 0.799. The molecule has 1 saturated heterocycles. The highest BCUT2D eigenvalue weighted by atomic mass is 19.1. The van der Waals surface area contributed by atoms with Gasteiger partial charge >= 0.3 is 0 Å². The van der Waals surface area contributed by atoms with Gasteiger partial charge < -0.3 is 9.64 Å². The van der Waals surface area contributed by atoms with Crippen LogP contribution in [0.15, 0.2) is 18.2 Å².